The van der Waals surface area contributed by atoms with Gasteiger partial charge in [-0.05, 0) is 36.8 Å². The first-order valence-corrected chi connectivity index (χ1v) is 13.7. The number of nitrogens with zero attached hydrogens (tertiary/aromatic N) is 5. The summed E-state index contributed by atoms with van der Waals surface area (Å²) >= 11 is 0. The van der Waals surface area contributed by atoms with Gasteiger partial charge >= 0.3 is 5.69 Å². The summed E-state index contributed by atoms with van der Waals surface area (Å²) in [7, 11) is 0. The Morgan fingerprint density at radius 2 is 1.60 bits per heavy atom. The zero-order valence-electron chi connectivity index (χ0n) is 23.0. The SMILES string of the molecule is Cc1c(N2CCN(c3nccc4occc34)CC2)c(=O)n(C[C@H](N)c2ccccc2)c(=O)n1Cc1c(F)cccc1F. The summed E-state index contributed by atoms with van der Waals surface area (Å²) in [5, 5.41) is 0.903. The van der Waals surface area contributed by atoms with Crippen LogP contribution >= 0.6 is 0 Å². The molecule has 0 bridgehead atoms. The van der Waals surface area contributed by atoms with Crippen molar-refractivity contribution in [2.45, 2.75) is 26.1 Å². The van der Waals surface area contributed by atoms with Crippen molar-refractivity contribution in [3.63, 3.8) is 0 Å². The molecule has 216 valence electrons. The summed E-state index contributed by atoms with van der Waals surface area (Å²) < 4.78 is 37.2. The first-order chi connectivity index (χ1) is 20.3. The first kappa shape index (κ1) is 27.4. The molecule has 1 atom stereocenters. The number of hydrogen-bond acceptors (Lipinski definition) is 7. The van der Waals surface area contributed by atoms with Crippen molar-refractivity contribution in [3.05, 3.63) is 122 Å². The number of furan rings is 1. The number of benzene rings is 2. The normalized spacial score (nSPS) is 14.5. The number of anilines is 2. The molecule has 42 heavy (non-hydrogen) atoms. The number of hydrogen-bond donors (Lipinski definition) is 1. The zero-order chi connectivity index (χ0) is 29.4. The van der Waals surface area contributed by atoms with Crippen molar-refractivity contribution in [2.24, 2.45) is 5.73 Å². The van der Waals surface area contributed by atoms with E-state index in [0.29, 0.717) is 37.6 Å². The highest BCUT2D eigenvalue weighted by molar-refractivity contribution is 5.88. The maximum atomic E-state index is 14.7. The van der Waals surface area contributed by atoms with Crippen molar-refractivity contribution in [1.29, 1.82) is 0 Å². The van der Waals surface area contributed by atoms with Crippen molar-refractivity contribution in [1.82, 2.24) is 14.1 Å². The molecular formula is C31H30F2N6O3. The third-order valence-corrected chi connectivity index (χ3v) is 7.90. The number of halogens is 2. The van der Waals surface area contributed by atoms with Crippen LogP contribution in [0.2, 0.25) is 0 Å². The Hall–Kier alpha value is -4.77. The summed E-state index contributed by atoms with van der Waals surface area (Å²) in [5.74, 6) is -0.740. The summed E-state index contributed by atoms with van der Waals surface area (Å²) in [6.07, 6.45) is 3.32. The minimum Gasteiger partial charge on any atom is -0.464 e. The van der Waals surface area contributed by atoms with Gasteiger partial charge < -0.3 is 20.0 Å². The molecule has 11 heteroatoms. The molecule has 1 aliphatic heterocycles. The largest absolute Gasteiger partial charge is 0.464 e. The topological polar surface area (TPSA) is 103 Å². The van der Waals surface area contributed by atoms with Crippen LogP contribution in [-0.2, 0) is 13.1 Å². The van der Waals surface area contributed by atoms with Crippen LogP contribution in [0.4, 0.5) is 20.3 Å². The number of aromatic nitrogens is 3. The lowest BCUT2D eigenvalue weighted by Crippen LogP contribution is -2.52. The molecule has 9 nitrogen and oxygen atoms in total. The molecule has 1 fully saturated rings. The average Bonchev–Trinajstić information content (AvgIpc) is 3.49. The lowest BCUT2D eigenvalue weighted by atomic mass is 10.1. The van der Waals surface area contributed by atoms with E-state index in [1.165, 1.54) is 10.6 Å². The van der Waals surface area contributed by atoms with E-state index >= 15 is 0 Å². The summed E-state index contributed by atoms with van der Waals surface area (Å²) in [5.41, 5.74) is 7.16. The molecule has 6 rings (SSSR count). The number of fused-ring (bicyclic) bond motifs is 1. The predicted molar refractivity (Wildman–Crippen MR) is 157 cm³/mol. The molecule has 0 spiro atoms. The molecule has 1 saturated heterocycles. The second-order valence-corrected chi connectivity index (χ2v) is 10.4. The van der Waals surface area contributed by atoms with Gasteiger partial charge in [0, 0.05) is 49.7 Å². The van der Waals surface area contributed by atoms with Gasteiger partial charge in [0.1, 0.15) is 28.7 Å². The number of piperazine rings is 1. The Bertz CT molecular complexity index is 1840. The van der Waals surface area contributed by atoms with Crippen molar-refractivity contribution in [2.75, 3.05) is 36.0 Å². The van der Waals surface area contributed by atoms with E-state index < -0.39 is 28.9 Å². The van der Waals surface area contributed by atoms with Crippen LogP contribution in [0.1, 0.15) is 22.9 Å². The highest BCUT2D eigenvalue weighted by Gasteiger charge is 2.27. The lowest BCUT2D eigenvalue weighted by Gasteiger charge is -2.37. The molecule has 2 N–H and O–H groups in total. The highest BCUT2D eigenvalue weighted by atomic mass is 19.1. The third kappa shape index (κ3) is 4.96. The van der Waals surface area contributed by atoms with Crippen LogP contribution in [0.5, 0.6) is 0 Å². The van der Waals surface area contributed by atoms with E-state index in [0.717, 1.165) is 39.1 Å². The van der Waals surface area contributed by atoms with Gasteiger partial charge in [0.15, 0.2) is 0 Å². The van der Waals surface area contributed by atoms with Crippen LogP contribution in [0, 0.1) is 18.6 Å². The number of rotatable bonds is 7. The van der Waals surface area contributed by atoms with Gasteiger partial charge in [-0.15, -0.1) is 0 Å². The van der Waals surface area contributed by atoms with E-state index in [1.807, 2.05) is 47.4 Å². The quantitative estimate of drug-likeness (QED) is 0.316. The molecular weight excluding hydrogens is 542 g/mol. The Kier molecular flexibility index (Phi) is 7.34. The van der Waals surface area contributed by atoms with Gasteiger partial charge in [-0.25, -0.2) is 18.6 Å². The smallest absolute Gasteiger partial charge is 0.331 e. The minimum atomic E-state index is -0.767. The van der Waals surface area contributed by atoms with Gasteiger partial charge in [0.25, 0.3) is 5.56 Å². The van der Waals surface area contributed by atoms with E-state index in [2.05, 4.69) is 9.88 Å². The molecule has 1 aliphatic rings. The Morgan fingerprint density at radius 1 is 0.905 bits per heavy atom. The van der Waals surface area contributed by atoms with Gasteiger partial charge in [-0.2, -0.15) is 0 Å². The number of pyridine rings is 1. The zero-order valence-corrected chi connectivity index (χ0v) is 23.0. The molecule has 0 radical (unpaired) electrons. The highest BCUT2D eigenvalue weighted by Crippen LogP contribution is 2.27. The predicted octanol–water partition coefficient (Wildman–Crippen LogP) is 3.81. The second kappa shape index (κ2) is 11.2. The van der Waals surface area contributed by atoms with Crippen LogP contribution in [0.25, 0.3) is 11.0 Å². The number of nitrogens with two attached hydrogens (primary N) is 1. The Labute approximate surface area is 240 Å². The van der Waals surface area contributed by atoms with Crippen LogP contribution < -0.4 is 26.8 Å². The van der Waals surface area contributed by atoms with Crippen LogP contribution in [0.15, 0.2) is 87.1 Å². The van der Waals surface area contributed by atoms with Gasteiger partial charge in [0.2, 0.25) is 0 Å². The third-order valence-electron chi connectivity index (χ3n) is 7.90. The summed E-state index contributed by atoms with van der Waals surface area (Å²) in [6.45, 7) is 3.20. The molecule has 4 heterocycles. The first-order valence-electron chi connectivity index (χ1n) is 13.7. The average molecular weight is 573 g/mol. The fraction of sp³-hybridized carbons (Fsp3) is 0.258. The van der Waals surface area contributed by atoms with Crippen molar-refractivity contribution < 1.29 is 13.2 Å². The Morgan fingerprint density at radius 3 is 2.31 bits per heavy atom. The fourth-order valence-corrected chi connectivity index (χ4v) is 5.62. The second-order valence-electron chi connectivity index (χ2n) is 10.4. The van der Waals surface area contributed by atoms with Gasteiger partial charge in [-0.3, -0.25) is 13.9 Å². The van der Waals surface area contributed by atoms with Crippen molar-refractivity contribution in [3.8, 4) is 0 Å². The maximum Gasteiger partial charge on any atom is 0.331 e. The summed E-state index contributed by atoms with van der Waals surface area (Å²) in [6, 6.07) is 15.8. The standard InChI is InChI=1S/C31H30F2N6O3/c1-20-28(36-13-15-37(16-14-36)29-22-11-17-42-27(22)10-12-35-29)30(40)39(19-26(34)21-6-3-2-4-7-21)31(41)38(20)18-23-24(32)8-5-9-25(23)33/h2-12,17,26H,13-16,18-19,34H2,1H3/t26-/m0/s1. The minimum absolute atomic E-state index is 0.0961. The molecule has 0 amide bonds. The maximum absolute atomic E-state index is 14.7. The van der Waals surface area contributed by atoms with Gasteiger partial charge in [-0.1, -0.05) is 36.4 Å². The molecule has 0 unspecified atom stereocenters. The molecule has 0 aliphatic carbocycles. The Balaban J connectivity index is 1.39. The van der Waals surface area contributed by atoms with Crippen molar-refractivity contribution >= 4 is 22.5 Å². The van der Waals surface area contributed by atoms with Crippen LogP contribution in [-0.4, -0.2) is 40.3 Å². The van der Waals surface area contributed by atoms with E-state index in [4.69, 9.17) is 10.2 Å². The molecule has 5 aromatic rings. The monoisotopic (exact) mass is 572 g/mol. The fourth-order valence-electron chi connectivity index (χ4n) is 5.62. The lowest BCUT2D eigenvalue weighted by molar-refractivity contribution is 0.489. The summed E-state index contributed by atoms with van der Waals surface area (Å²) in [4.78, 5) is 36.3. The molecule has 3 aromatic heterocycles. The van der Waals surface area contributed by atoms with Crippen LogP contribution in [0.3, 0.4) is 0 Å². The van der Waals surface area contributed by atoms with Gasteiger partial charge in [0.05, 0.1) is 24.7 Å². The van der Waals surface area contributed by atoms with E-state index in [-0.39, 0.29) is 18.7 Å². The molecule has 0 saturated carbocycles. The molecule has 2 aromatic carbocycles. The van der Waals surface area contributed by atoms with E-state index in [1.54, 1.807) is 19.4 Å². The van der Waals surface area contributed by atoms with E-state index in [9.17, 15) is 18.4 Å².